The lowest BCUT2D eigenvalue weighted by Crippen LogP contribution is -2.50. The molecule has 1 saturated heterocycles. The molecule has 0 aromatic carbocycles. The second-order valence-corrected chi connectivity index (χ2v) is 4.34. The van der Waals surface area contributed by atoms with Crippen molar-refractivity contribution in [1.29, 1.82) is 0 Å². The number of likely N-dealkylation sites (N-methyl/N-ethyl adjacent to an activating group) is 1. The lowest BCUT2D eigenvalue weighted by Gasteiger charge is -2.38. The minimum absolute atomic E-state index is 0.167. The summed E-state index contributed by atoms with van der Waals surface area (Å²) in [6, 6.07) is -0.189. The van der Waals surface area contributed by atoms with E-state index >= 15 is 0 Å². The van der Waals surface area contributed by atoms with Gasteiger partial charge >= 0.3 is 5.97 Å². The maximum Gasteiger partial charge on any atom is 0.321 e. The zero-order chi connectivity index (χ0) is 9.47. The summed E-state index contributed by atoms with van der Waals surface area (Å²) < 4.78 is 0. The fourth-order valence-corrected chi connectivity index (χ4v) is 2.73. The van der Waals surface area contributed by atoms with Gasteiger partial charge in [-0.15, -0.1) is 0 Å². The molecular formula is C10H17NO2. The van der Waals surface area contributed by atoms with Crippen LogP contribution in [0.2, 0.25) is 0 Å². The van der Waals surface area contributed by atoms with Gasteiger partial charge in [0.25, 0.3) is 0 Å². The molecule has 13 heavy (non-hydrogen) atoms. The molecule has 0 bridgehead atoms. The molecule has 2 rings (SSSR count). The van der Waals surface area contributed by atoms with Gasteiger partial charge in [0.15, 0.2) is 0 Å². The number of rotatable bonds is 2. The minimum atomic E-state index is -0.612. The van der Waals surface area contributed by atoms with Crippen LogP contribution in [0, 0.1) is 5.41 Å². The second kappa shape index (κ2) is 2.98. The van der Waals surface area contributed by atoms with Gasteiger partial charge in [-0.25, -0.2) is 0 Å². The summed E-state index contributed by atoms with van der Waals surface area (Å²) in [5.74, 6) is -0.612. The molecule has 1 spiro atoms. The van der Waals surface area contributed by atoms with Crippen LogP contribution in [0.4, 0.5) is 0 Å². The number of likely N-dealkylation sites (tertiary alicyclic amines) is 1. The maximum absolute atomic E-state index is 11.1. The van der Waals surface area contributed by atoms with Crippen molar-refractivity contribution in [2.24, 2.45) is 5.41 Å². The standard InChI is InChI=1S/C10H17NO2/c1-2-11-7-3-4-10(5-6-10)8(11)9(12)13/h8H,2-7H2,1H3,(H,12,13)/t8-/m1/s1. The van der Waals surface area contributed by atoms with Gasteiger partial charge < -0.3 is 5.11 Å². The first-order valence-electron chi connectivity index (χ1n) is 5.16. The lowest BCUT2D eigenvalue weighted by atomic mass is 9.86. The van der Waals surface area contributed by atoms with Gasteiger partial charge in [0.2, 0.25) is 0 Å². The fourth-order valence-electron chi connectivity index (χ4n) is 2.73. The molecule has 2 fully saturated rings. The van der Waals surface area contributed by atoms with E-state index in [1.165, 1.54) is 6.42 Å². The molecule has 1 aliphatic carbocycles. The van der Waals surface area contributed by atoms with Crippen molar-refractivity contribution in [3.05, 3.63) is 0 Å². The smallest absolute Gasteiger partial charge is 0.321 e. The highest BCUT2D eigenvalue weighted by molar-refractivity contribution is 5.75. The van der Waals surface area contributed by atoms with Crippen molar-refractivity contribution in [2.75, 3.05) is 13.1 Å². The molecule has 74 valence electrons. The van der Waals surface area contributed by atoms with E-state index in [4.69, 9.17) is 0 Å². The highest BCUT2D eigenvalue weighted by atomic mass is 16.4. The molecule has 1 aliphatic heterocycles. The first-order valence-corrected chi connectivity index (χ1v) is 5.16. The predicted molar refractivity (Wildman–Crippen MR) is 49.6 cm³/mol. The van der Waals surface area contributed by atoms with Crippen LogP contribution in [0.15, 0.2) is 0 Å². The Morgan fingerprint density at radius 1 is 1.54 bits per heavy atom. The zero-order valence-electron chi connectivity index (χ0n) is 8.12. The van der Waals surface area contributed by atoms with Gasteiger partial charge in [0, 0.05) is 0 Å². The third kappa shape index (κ3) is 1.35. The number of piperidine rings is 1. The van der Waals surface area contributed by atoms with Crippen LogP contribution < -0.4 is 0 Å². The van der Waals surface area contributed by atoms with E-state index in [2.05, 4.69) is 11.8 Å². The van der Waals surface area contributed by atoms with Gasteiger partial charge in [-0.2, -0.15) is 0 Å². The molecule has 1 atom stereocenters. The summed E-state index contributed by atoms with van der Waals surface area (Å²) in [5, 5.41) is 9.17. The summed E-state index contributed by atoms with van der Waals surface area (Å²) in [6.45, 7) is 3.89. The zero-order valence-corrected chi connectivity index (χ0v) is 8.12. The van der Waals surface area contributed by atoms with Crippen LogP contribution in [-0.4, -0.2) is 35.1 Å². The summed E-state index contributed by atoms with van der Waals surface area (Å²) in [7, 11) is 0. The van der Waals surface area contributed by atoms with E-state index < -0.39 is 5.97 Å². The maximum atomic E-state index is 11.1. The number of hydrogen-bond acceptors (Lipinski definition) is 2. The highest BCUT2D eigenvalue weighted by Gasteiger charge is 2.55. The van der Waals surface area contributed by atoms with Gasteiger partial charge in [0.05, 0.1) is 0 Å². The number of aliphatic carboxylic acids is 1. The summed E-state index contributed by atoms with van der Waals surface area (Å²) in [6.07, 6.45) is 4.55. The molecule has 1 N–H and O–H groups in total. The molecular weight excluding hydrogens is 166 g/mol. The molecule has 2 aliphatic rings. The third-order valence-electron chi connectivity index (χ3n) is 3.60. The Morgan fingerprint density at radius 2 is 2.23 bits per heavy atom. The van der Waals surface area contributed by atoms with Crippen molar-refractivity contribution in [1.82, 2.24) is 4.90 Å². The van der Waals surface area contributed by atoms with Crippen LogP contribution in [-0.2, 0) is 4.79 Å². The van der Waals surface area contributed by atoms with E-state index in [-0.39, 0.29) is 11.5 Å². The summed E-state index contributed by atoms with van der Waals surface area (Å²) in [5.41, 5.74) is 0.167. The largest absolute Gasteiger partial charge is 0.480 e. The lowest BCUT2D eigenvalue weighted by molar-refractivity contribution is -0.148. The van der Waals surface area contributed by atoms with Crippen molar-refractivity contribution in [3.8, 4) is 0 Å². The Balaban J connectivity index is 2.17. The van der Waals surface area contributed by atoms with Crippen molar-refractivity contribution in [2.45, 2.75) is 38.6 Å². The Hall–Kier alpha value is -0.570. The predicted octanol–water partition coefficient (Wildman–Crippen LogP) is 1.34. The number of carboxylic acid groups (broad SMARTS) is 1. The van der Waals surface area contributed by atoms with Gasteiger partial charge in [0.1, 0.15) is 6.04 Å². The van der Waals surface area contributed by atoms with Gasteiger partial charge in [-0.05, 0) is 44.2 Å². The van der Waals surface area contributed by atoms with Crippen molar-refractivity contribution >= 4 is 5.97 Å². The molecule has 1 heterocycles. The molecule has 1 saturated carbocycles. The second-order valence-electron chi connectivity index (χ2n) is 4.34. The Labute approximate surface area is 78.7 Å². The average Bonchev–Trinajstić information content (AvgIpc) is 2.84. The Bertz CT molecular complexity index is 223. The highest BCUT2D eigenvalue weighted by Crippen LogP contribution is 2.56. The van der Waals surface area contributed by atoms with E-state index in [9.17, 15) is 9.90 Å². The summed E-state index contributed by atoms with van der Waals surface area (Å²) in [4.78, 5) is 13.3. The van der Waals surface area contributed by atoms with Crippen LogP contribution >= 0.6 is 0 Å². The molecule has 0 aromatic rings. The van der Waals surface area contributed by atoms with Gasteiger partial charge in [-0.3, -0.25) is 9.69 Å². The first kappa shape index (κ1) is 9.00. The Morgan fingerprint density at radius 3 is 2.69 bits per heavy atom. The Kier molecular flexibility index (Phi) is 2.06. The van der Waals surface area contributed by atoms with E-state index in [0.717, 1.165) is 32.4 Å². The molecule has 0 radical (unpaired) electrons. The molecule has 0 amide bonds. The number of carbonyl (C=O) groups is 1. The van der Waals surface area contributed by atoms with Crippen LogP contribution in [0.1, 0.15) is 32.6 Å². The van der Waals surface area contributed by atoms with Crippen molar-refractivity contribution < 1.29 is 9.90 Å². The minimum Gasteiger partial charge on any atom is -0.480 e. The first-order chi connectivity index (χ1) is 6.19. The van der Waals surface area contributed by atoms with Crippen molar-refractivity contribution in [3.63, 3.8) is 0 Å². The molecule has 3 nitrogen and oxygen atoms in total. The van der Waals surface area contributed by atoms with E-state index in [0.29, 0.717) is 0 Å². The molecule has 0 aromatic heterocycles. The quantitative estimate of drug-likeness (QED) is 0.702. The SMILES string of the molecule is CCN1CCCC2(CC2)[C@H]1C(=O)O. The van der Waals surface area contributed by atoms with E-state index in [1.54, 1.807) is 0 Å². The molecule has 3 heteroatoms. The topological polar surface area (TPSA) is 40.5 Å². The summed E-state index contributed by atoms with van der Waals surface area (Å²) >= 11 is 0. The monoisotopic (exact) mass is 183 g/mol. The average molecular weight is 183 g/mol. The number of carboxylic acids is 1. The fraction of sp³-hybridized carbons (Fsp3) is 0.900. The third-order valence-corrected chi connectivity index (χ3v) is 3.60. The molecule has 0 unspecified atom stereocenters. The van der Waals surface area contributed by atoms with Crippen LogP contribution in [0.5, 0.6) is 0 Å². The van der Waals surface area contributed by atoms with E-state index in [1.807, 2.05) is 0 Å². The normalized spacial score (nSPS) is 31.9. The van der Waals surface area contributed by atoms with Gasteiger partial charge in [-0.1, -0.05) is 6.92 Å². The number of nitrogens with zero attached hydrogens (tertiary/aromatic N) is 1. The van der Waals surface area contributed by atoms with Crippen LogP contribution in [0.3, 0.4) is 0 Å². The number of hydrogen-bond donors (Lipinski definition) is 1. The van der Waals surface area contributed by atoms with Crippen LogP contribution in [0.25, 0.3) is 0 Å².